The summed E-state index contributed by atoms with van der Waals surface area (Å²) in [5.74, 6) is -0.963. The molecule has 0 bridgehead atoms. The van der Waals surface area contributed by atoms with Crippen molar-refractivity contribution in [1.29, 1.82) is 0 Å². The van der Waals surface area contributed by atoms with E-state index in [0.717, 1.165) is 63.4 Å². The molecule has 0 rings (SSSR count). The number of unbranched alkanes of at least 4 members (excludes halogenated alkanes) is 4. The van der Waals surface area contributed by atoms with Crippen LogP contribution in [0.3, 0.4) is 0 Å². The summed E-state index contributed by atoms with van der Waals surface area (Å²) in [7, 11) is 0. The molecule has 0 aliphatic carbocycles. The molecule has 0 radical (unpaired) electrons. The van der Waals surface area contributed by atoms with Crippen molar-refractivity contribution in [2.75, 3.05) is 0 Å². The zero-order valence-electron chi connectivity index (χ0n) is 14.4. The highest BCUT2D eigenvalue weighted by Gasteiger charge is 2.13. The molecule has 0 atom stereocenters. The second-order valence-corrected chi connectivity index (χ2v) is 6.08. The third kappa shape index (κ3) is 9.59. The Morgan fingerprint density at radius 1 is 0.864 bits per heavy atom. The molecular formula is C18H32O4. The van der Waals surface area contributed by atoms with Gasteiger partial charge in [0, 0.05) is 12.0 Å². The first-order valence-electron chi connectivity index (χ1n) is 8.56. The molecule has 0 fully saturated rings. The van der Waals surface area contributed by atoms with Crippen LogP contribution >= 0.6 is 0 Å². The van der Waals surface area contributed by atoms with Crippen molar-refractivity contribution >= 4 is 11.9 Å². The lowest BCUT2D eigenvalue weighted by Crippen LogP contribution is -2.06. The quantitative estimate of drug-likeness (QED) is 0.369. The fraction of sp³-hybridized carbons (Fsp3) is 0.778. The number of carbonyl (C=O) groups is 2. The molecule has 4 nitrogen and oxygen atoms in total. The highest BCUT2D eigenvalue weighted by Crippen LogP contribution is 2.25. The molecule has 0 aromatic rings. The minimum atomic E-state index is -0.803. The van der Waals surface area contributed by atoms with Crippen LogP contribution in [0.15, 0.2) is 11.1 Å². The van der Waals surface area contributed by atoms with Gasteiger partial charge in [-0.3, -0.25) is 4.79 Å². The Morgan fingerprint density at radius 3 is 1.82 bits per heavy atom. The predicted molar refractivity (Wildman–Crippen MR) is 89.0 cm³/mol. The first kappa shape index (κ1) is 20.7. The average Bonchev–Trinajstić information content (AvgIpc) is 2.48. The Kier molecular flexibility index (Phi) is 11.5. The summed E-state index contributed by atoms with van der Waals surface area (Å²) in [6.07, 6.45) is 8.90. The minimum Gasteiger partial charge on any atom is -0.481 e. The topological polar surface area (TPSA) is 74.6 Å². The molecule has 0 unspecified atom stereocenters. The summed E-state index contributed by atoms with van der Waals surface area (Å²) in [5, 5.41) is 17.8. The van der Waals surface area contributed by atoms with Crippen LogP contribution in [0.5, 0.6) is 0 Å². The predicted octanol–water partition coefficient (Wildman–Crippen LogP) is 5.03. The Morgan fingerprint density at radius 2 is 1.36 bits per heavy atom. The van der Waals surface area contributed by atoms with Crippen molar-refractivity contribution in [2.45, 2.75) is 85.0 Å². The molecule has 22 heavy (non-hydrogen) atoms. The molecular weight excluding hydrogens is 280 g/mol. The van der Waals surface area contributed by atoms with E-state index in [4.69, 9.17) is 5.11 Å². The molecule has 4 heteroatoms. The first-order chi connectivity index (χ1) is 10.4. The monoisotopic (exact) mass is 312 g/mol. The summed E-state index contributed by atoms with van der Waals surface area (Å²) in [5.41, 5.74) is 1.60. The van der Waals surface area contributed by atoms with E-state index in [-0.39, 0.29) is 6.42 Å². The van der Waals surface area contributed by atoms with Crippen LogP contribution in [0.4, 0.5) is 0 Å². The normalized spacial score (nSPS) is 12.4. The average molecular weight is 312 g/mol. The van der Waals surface area contributed by atoms with Gasteiger partial charge < -0.3 is 10.2 Å². The van der Waals surface area contributed by atoms with E-state index in [9.17, 15) is 14.7 Å². The van der Waals surface area contributed by atoms with E-state index >= 15 is 0 Å². The van der Waals surface area contributed by atoms with Crippen LogP contribution in [0.25, 0.3) is 0 Å². The lowest BCUT2D eigenvalue weighted by atomic mass is 9.89. The second-order valence-electron chi connectivity index (χ2n) is 6.08. The Balaban J connectivity index is 4.23. The van der Waals surface area contributed by atoms with Crippen molar-refractivity contribution in [3.63, 3.8) is 0 Å². The zero-order valence-corrected chi connectivity index (χ0v) is 14.4. The molecule has 0 heterocycles. The largest absolute Gasteiger partial charge is 0.481 e. The third-order valence-corrected chi connectivity index (χ3v) is 4.41. The van der Waals surface area contributed by atoms with Crippen LogP contribution in [-0.2, 0) is 9.59 Å². The van der Waals surface area contributed by atoms with E-state index in [1.54, 1.807) is 6.92 Å². The van der Waals surface area contributed by atoms with Gasteiger partial charge in [0.2, 0.25) is 0 Å². The first-order valence-corrected chi connectivity index (χ1v) is 8.56. The molecule has 2 N–H and O–H groups in total. The van der Waals surface area contributed by atoms with Gasteiger partial charge >= 0.3 is 11.9 Å². The number of carboxylic acids is 2. The molecule has 128 valence electrons. The molecule has 0 aromatic heterocycles. The Labute approximate surface area is 134 Å². The van der Waals surface area contributed by atoms with Crippen molar-refractivity contribution in [3.8, 4) is 0 Å². The summed E-state index contributed by atoms with van der Waals surface area (Å²) in [6, 6.07) is 0. The minimum absolute atomic E-state index is 0.248. The second kappa shape index (κ2) is 12.2. The van der Waals surface area contributed by atoms with Crippen molar-refractivity contribution in [3.05, 3.63) is 11.1 Å². The van der Waals surface area contributed by atoms with Gasteiger partial charge in [-0.1, -0.05) is 51.5 Å². The van der Waals surface area contributed by atoms with Crippen LogP contribution < -0.4 is 0 Å². The lowest BCUT2D eigenvalue weighted by molar-refractivity contribution is -0.137. The van der Waals surface area contributed by atoms with Crippen molar-refractivity contribution < 1.29 is 19.8 Å². The molecule has 0 spiro atoms. The highest BCUT2D eigenvalue weighted by atomic mass is 16.4. The Bertz CT molecular complexity index is 367. The van der Waals surface area contributed by atoms with Crippen LogP contribution in [-0.4, -0.2) is 22.2 Å². The fourth-order valence-corrected chi connectivity index (χ4v) is 2.66. The molecule has 0 aliphatic rings. The number of hydrogen-bond donors (Lipinski definition) is 2. The Hall–Kier alpha value is -1.32. The van der Waals surface area contributed by atoms with Gasteiger partial charge in [-0.05, 0) is 38.5 Å². The van der Waals surface area contributed by atoms with Gasteiger partial charge in [0.15, 0.2) is 0 Å². The fourth-order valence-electron chi connectivity index (χ4n) is 2.66. The third-order valence-electron chi connectivity index (χ3n) is 4.41. The molecule has 0 aromatic carbocycles. The van der Waals surface area contributed by atoms with Crippen LogP contribution in [0.2, 0.25) is 0 Å². The van der Waals surface area contributed by atoms with Gasteiger partial charge in [-0.2, -0.15) is 0 Å². The smallest absolute Gasteiger partial charge is 0.331 e. The van der Waals surface area contributed by atoms with E-state index < -0.39 is 11.9 Å². The summed E-state index contributed by atoms with van der Waals surface area (Å²) in [6.45, 7) is 6.03. The number of hydrogen-bond acceptors (Lipinski definition) is 2. The highest BCUT2D eigenvalue weighted by molar-refractivity contribution is 5.86. The molecule has 0 saturated carbocycles. The van der Waals surface area contributed by atoms with Gasteiger partial charge in [-0.25, -0.2) is 4.79 Å². The van der Waals surface area contributed by atoms with Crippen molar-refractivity contribution in [1.82, 2.24) is 0 Å². The molecule has 0 amide bonds. The van der Waals surface area contributed by atoms with Gasteiger partial charge in [0.1, 0.15) is 0 Å². The maximum atomic E-state index is 11.2. The maximum absolute atomic E-state index is 11.2. The zero-order chi connectivity index (χ0) is 17.0. The van der Waals surface area contributed by atoms with Crippen LogP contribution in [0, 0.1) is 5.92 Å². The molecule has 0 aliphatic heterocycles. The number of allylic oxidation sites excluding steroid dienone is 1. The van der Waals surface area contributed by atoms with Crippen LogP contribution in [0.1, 0.15) is 85.0 Å². The van der Waals surface area contributed by atoms with E-state index in [0.29, 0.717) is 11.5 Å². The van der Waals surface area contributed by atoms with E-state index in [1.165, 1.54) is 0 Å². The van der Waals surface area contributed by atoms with E-state index in [1.807, 2.05) is 0 Å². The summed E-state index contributed by atoms with van der Waals surface area (Å²) in [4.78, 5) is 21.6. The lowest BCUT2D eigenvalue weighted by Gasteiger charge is -2.17. The van der Waals surface area contributed by atoms with Gasteiger partial charge in [-0.15, -0.1) is 0 Å². The van der Waals surface area contributed by atoms with Crippen molar-refractivity contribution in [2.24, 2.45) is 5.92 Å². The SMILES string of the molecule is CCC(CC)CC(CCCCCCCC(=O)O)=C(C)C(=O)O. The standard InChI is InChI=1S/C18H32O4/c1-4-15(5-2)13-16(14(3)18(21)22)11-9-7-6-8-10-12-17(19)20/h15H,4-13H2,1-3H3,(H,19,20)(H,21,22). The number of carboxylic acid groups (broad SMARTS) is 2. The maximum Gasteiger partial charge on any atom is 0.331 e. The van der Waals surface area contributed by atoms with Gasteiger partial charge in [0.25, 0.3) is 0 Å². The number of rotatable bonds is 13. The summed E-state index contributed by atoms with van der Waals surface area (Å²) >= 11 is 0. The number of aliphatic carboxylic acids is 2. The van der Waals surface area contributed by atoms with E-state index in [2.05, 4.69) is 13.8 Å². The molecule has 0 saturated heterocycles. The summed E-state index contributed by atoms with van der Waals surface area (Å²) < 4.78 is 0. The van der Waals surface area contributed by atoms with Gasteiger partial charge in [0.05, 0.1) is 0 Å².